The molecule has 0 aromatic carbocycles. The maximum atomic E-state index is 11.6. The first-order valence-corrected chi connectivity index (χ1v) is 8.38. The molecule has 23 heavy (non-hydrogen) atoms. The van der Waals surface area contributed by atoms with Crippen LogP contribution in [-0.2, 0) is 29.1 Å². The van der Waals surface area contributed by atoms with Gasteiger partial charge in [0.05, 0.1) is 24.2 Å². The van der Waals surface area contributed by atoms with Gasteiger partial charge in [-0.3, -0.25) is 4.79 Å². The summed E-state index contributed by atoms with van der Waals surface area (Å²) in [6.45, 7) is 15.4. The van der Waals surface area contributed by atoms with Crippen molar-refractivity contribution in [1.29, 1.82) is 0 Å². The number of esters is 1. The molecule has 0 N–H and O–H groups in total. The van der Waals surface area contributed by atoms with Crippen molar-refractivity contribution in [2.75, 3.05) is 6.61 Å². The van der Waals surface area contributed by atoms with E-state index in [1.54, 1.807) is 13.8 Å². The van der Waals surface area contributed by atoms with Crippen molar-refractivity contribution >= 4 is 5.97 Å². The van der Waals surface area contributed by atoms with Gasteiger partial charge in [0.1, 0.15) is 0 Å². The van der Waals surface area contributed by atoms with Crippen LogP contribution in [0.5, 0.6) is 0 Å². The minimum Gasteiger partial charge on any atom is -0.466 e. The van der Waals surface area contributed by atoms with E-state index in [4.69, 9.17) is 24.3 Å². The van der Waals surface area contributed by atoms with Gasteiger partial charge in [-0.1, -0.05) is 13.8 Å². The van der Waals surface area contributed by atoms with Crippen LogP contribution in [0.4, 0.5) is 0 Å². The third-order valence-corrected chi connectivity index (χ3v) is 3.68. The molecule has 0 unspecified atom stereocenters. The molecular weight excluding hydrogens is 300 g/mol. The summed E-state index contributed by atoms with van der Waals surface area (Å²) in [5.41, 5.74) is -0.927. The molecule has 0 fully saturated rings. The quantitative estimate of drug-likeness (QED) is 0.229. The molecule has 6 heteroatoms. The summed E-state index contributed by atoms with van der Waals surface area (Å²) in [6.07, 6.45) is 1.94. The first-order valence-electron chi connectivity index (χ1n) is 8.38. The van der Waals surface area contributed by atoms with Gasteiger partial charge >= 0.3 is 5.97 Å². The van der Waals surface area contributed by atoms with E-state index in [9.17, 15) is 4.79 Å². The molecule has 0 saturated heterocycles. The minimum absolute atomic E-state index is 0.149. The number of ether oxygens (including phenoxy) is 1. The summed E-state index contributed by atoms with van der Waals surface area (Å²) in [4.78, 5) is 33.5. The molecule has 0 saturated carbocycles. The van der Waals surface area contributed by atoms with E-state index in [0.29, 0.717) is 6.61 Å². The van der Waals surface area contributed by atoms with E-state index in [2.05, 4.69) is 0 Å². The average Bonchev–Trinajstić information content (AvgIpc) is 2.50. The number of rotatable bonds is 12. The summed E-state index contributed by atoms with van der Waals surface area (Å²) < 4.78 is 4.94. The highest BCUT2D eigenvalue weighted by molar-refractivity contribution is 5.69. The third-order valence-electron chi connectivity index (χ3n) is 3.68. The van der Waals surface area contributed by atoms with Gasteiger partial charge in [-0.2, -0.15) is 9.78 Å². The van der Waals surface area contributed by atoms with Crippen molar-refractivity contribution in [3.63, 3.8) is 0 Å². The molecule has 0 aromatic rings. The van der Waals surface area contributed by atoms with E-state index in [1.807, 2.05) is 41.5 Å². The van der Waals surface area contributed by atoms with Crippen molar-refractivity contribution in [1.82, 2.24) is 0 Å². The van der Waals surface area contributed by atoms with Crippen LogP contribution in [0.2, 0.25) is 0 Å². The van der Waals surface area contributed by atoms with Crippen LogP contribution in [0.1, 0.15) is 81.1 Å². The Morgan fingerprint density at radius 1 is 0.783 bits per heavy atom. The Morgan fingerprint density at radius 2 is 1.22 bits per heavy atom. The predicted molar refractivity (Wildman–Crippen MR) is 87.4 cm³/mol. The lowest BCUT2D eigenvalue weighted by Crippen LogP contribution is -2.40. The molecule has 0 radical (unpaired) electrons. The van der Waals surface area contributed by atoms with Crippen LogP contribution in [0.3, 0.4) is 0 Å². The van der Waals surface area contributed by atoms with Gasteiger partial charge in [0, 0.05) is 6.42 Å². The Hall–Kier alpha value is -0.690. The molecule has 0 amide bonds. The highest BCUT2D eigenvalue weighted by atomic mass is 17.3. The summed E-state index contributed by atoms with van der Waals surface area (Å²) in [6, 6.07) is 0. The summed E-state index contributed by atoms with van der Waals surface area (Å²) >= 11 is 0. The molecule has 0 aliphatic carbocycles. The van der Waals surface area contributed by atoms with Gasteiger partial charge in [0.15, 0.2) is 0 Å². The second-order valence-corrected chi connectivity index (χ2v) is 7.00. The highest BCUT2D eigenvalue weighted by Crippen LogP contribution is 2.27. The molecule has 138 valence electrons. The zero-order valence-corrected chi connectivity index (χ0v) is 16.0. The van der Waals surface area contributed by atoms with E-state index >= 15 is 0 Å². The topological polar surface area (TPSA) is 63.2 Å². The van der Waals surface area contributed by atoms with Gasteiger partial charge < -0.3 is 4.74 Å². The summed E-state index contributed by atoms with van der Waals surface area (Å²) in [7, 11) is 0. The first kappa shape index (κ1) is 22.3. The molecule has 0 rings (SSSR count). The van der Waals surface area contributed by atoms with Crippen molar-refractivity contribution < 1.29 is 29.1 Å². The lowest BCUT2D eigenvalue weighted by atomic mass is 10.1. The van der Waals surface area contributed by atoms with Crippen molar-refractivity contribution in [2.24, 2.45) is 0 Å². The first-order chi connectivity index (χ1) is 10.5. The maximum absolute atomic E-state index is 11.6. The highest BCUT2D eigenvalue weighted by Gasteiger charge is 2.35. The van der Waals surface area contributed by atoms with Gasteiger partial charge in [-0.15, -0.1) is 0 Å². The number of hydrogen-bond donors (Lipinski definition) is 0. The van der Waals surface area contributed by atoms with E-state index in [1.165, 1.54) is 0 Å². The Morgan fingerprint density at radius 3 is 1.57 bits per heavy atom. The molecule has 0 aliphatic heterocycles. The SMILES string of the molecule is CCOC(=O)CCC(C)(OOC(C)(C)CC)OOC(C)(C)CC. The third kappa shape index (κ3) is 9.91. The fourth-order valence-corrected chi connectivity index (χ4v) is 1.18. The number of carbonyl (C=O) groups excluding carboxylic acids is 1. The van der Waals surface area contributed by atoms with Crippen LogP contribution in [-0.4, -0.2) is 29.6 Å². The van der Waals surface area contributed by atoms with Gasteiger partial charge in [-0.25, -0.2) is 9.78 Å². The average molecular weight is 334 g/mol. The molecule has 0 spiro atoms. The molecular formula is C17H34O6. The van der Waals surface area contributed by atoms with E-state index < -0.39 is 17.0 Å². The van der Waals surface area contributed by atoms with Gasteiger partial charge in [0.25, 0.3) is 0 Å². The van der Waals surface area contributed by atoms with E-state index in [0.717, 1.165) is 12.8 Å². The lowest BCUT2D eigenvalue weighted by Gasteiger charge is -2.34. The van der Waals surface area contributed by atoms with Crippen LogP contribution >= 0.6 is 0 Å². The van der Waals surface area contributed by atoms with Crippen molar-refractivity contribution in [3.8, 4) is 0 Å². The summed E-state index contributed by atoms with van der Waals surface area (Å²) in [5, 5.41) is 0. The standard InChI is InChI=1S/C17H34O6/c1-9-15(4,5)20-22-17(8,13-12-14(18)19-11-3)23-21-16(6,7)10-2/h9-13H2,1-8H3. The smallest absolute Gasteiger partial charge is 0.305 e. The zero-order chi connectivity index (χ0) is 18.1. The Bertz CT molecular complexity index is 331. The second kappa shape index (κ2) is 9.57. The second-order valence-electron chi connectivity index (χ2n) is 7.00. The monoisotopic (exact) mass is 334 g/mol. The van der Waals surface area contributed by atoms with Crippen LogP contribution in [0, 0.1) is 0 Å². The molecule has 0 aromatic heterocycles. The van der Waals surface area contributed by atoms with Crippen molar-refractivity contribution in [3.05, 3.63) is 0 Å². The number of hydrogen-bond acceptors (Lipinski definition) is 6. The van der Waals surface area contributed by atoms with Gasteiger partial charge in [0.2, 0.25) is 5.79 Å². The minimum atomic E-state index is -1.20. The fourth-order valence-electron chi connectivity index (χ4n) is 1.18. The molecule has 0 atom stereocenters. The largest absolute Gasteiger partial charge is 0.466 e. The molecule has 0 aliphatic rings. The van der Waals surface area contributed by atoms with Crippen LogP contribution in [0.15, 0.2) is 0 Å². The predicted octanol–water partition coefficient (Wildman–Crippen LogP) is 4.32. The Kier molecular flexibility index (Phi) is 9.28. The van der Waals surface area contributed by atoms with E-state index in [-0.39, 0.29) is 18.8 Å². The Labute approximate surface area is 140 Å². The van der Waals surface area contributed by atoms with Crippen LogP contribution < -0.4 is 0 Å². The molecule has 0 heterocycles. The fraction of sp³-hybridized carbons (Fsp3) is 0.941. The van der Waals surface area contributed by atoms with Crippen LogP contribution in [0.25, 0.3) is 0 Å². The normalized spacial score (nSPS) is 13.2. The number of carbonyl (C=O) groups is 1. The molecule has 6 nitrogen and oxygen atoms in total. The van der Waals surface area contributed by atoms with Crippen molar-refractivity contribution in [2.45, 2.75) is 98.1 Å². The molecule has 0 bridgehead atoms. The Balaban J connectivity index is 4.78. The maximum Gasteiger partial charge on any atom is 0.305 e. The lowest BCUT2D eigenvalue weighted by molar-refractivity contribution is -0.539. The summed E-state index contributed by atoms with van der Waals surface area (Å²) in [5.74, 6) is -1.51. The van der Waals surface area contributed by atoms with Gasteiger partial charge in [-0.05, 0) is 54.4 Å². The zero-order valence-electron chi connectivity index (χ0n) is 16.0.